The average molecular weight is 394 g/mol. The number of ether oxygens (including phenoxy) is 4. The molecule has 1 aromatic rings. The summed E-state index contributed by atoms with van der Waals surface area (Å²) in [6, 6.07) is 1.94. The van der Waals surface area contributed by atoms with Gasteiger partial charge in [-0.2, -0.15) is 0 Å². The lowest BCUT2D eigenvalue weighted by Gasteiger charge is -2.30. The molecule has 2 rings (SSSR count). The first kappa shape index (κ1) is 21.0. The lowest BCUT2D eigenvalue weighted by Crippen LogP contribution is -2.55. The molecule has 1 fully saturated rings. The Bertz CT molecular complexity index is 767. The van der Waals surface area contributed by atoms with Crippen LogP contribution < -0.4 is 19.5 Å². The van der Waals surface area contributed by atoms with Crippen LogP contribution in [0.3, 0.4) is 0 Å². The number of benzene rings is 1. The van der Waals surface area contributed by atoms with Crippen molar-refractivity contribution in [2.45, 2.75) is 18.9 Å². The van der Waals surface area contributed by atoms with Crippen molar-refractivity contribution in [1.29, 1.82) is 0 Å². The molecule has 0 aliphatic carbocycles. The van der Waals surface area contributed by atoms with Crippen LogP contribution in [0.4, 0.5) is 0 Å². The lowest BCUT2D eigenvalue weighted by atomic mass is 10.0. The maximum absolute atomic E-state index is 12.7. The molecule has 1 saturated heterocycles. The van der Waals surface area contributed by atoms with Crippen molar-refractivity contribution in [2.75, 3.05) is 35.0 Å². The summed E-state index contributed by atoms with van der Waals surface area (Å²) >= 11 is 0. The summed E-state index contributed by atoms with van der Waals surface area (Å²) in [5.41, 5.74) is 0.179. The van der Waals surface area contributed by atoms with Crippen LogP contribution in [0.25, 0.3) is 0 Å². The molecule has 0 radical (unpaired) electrons. The molecule has 0 bridgehead atoms. The van der Waals surface area contributed by atoms with Crippen LogP contribution in [0.2, 0.25) is 0 Å². The van der Waals surface area contributed by atoms with E-state index in [4.69, 9.17) is 14.2 Å². The Hall–Kier alpha value is -3.30. The summed E-state index contributed by atoms with van der Waals surface area (Å²) < 4.78 is 20.1. The van der Waals surface area contributed by atoms with E-state index in [0.717, 1.165) is 12.0 Å². The van der Waals surface area contributed by atoms with Gasteiger partial charge in [0, 0.05) is 12.0 Å². The summed E-state index contributed by atoms with van der Waals surface area (Å²) in [6.45, 7) is -0.495. The van der Waals surface area contributed by atoms with Gasteiger partial charge in [-0.1, -0.05) is 0 Å². The molecule has 1 N–H and O–H groups in total. The van der Waals surface area contributed by atoms with E-state index in [0.29, 0.717) is 5.75 Å². The van der Waals surface area contributed by atoms with Crippen LogP contribution in [0.1, 0.15) is 23.2 Å². The molecule has 1 aromatic carbocycles. The van der Waals surface area contributed by atoms with Gasteiger partial charge < -0.3 is 24.3 Å². The first-order valence-electron chi connectivity index (χ1n) is 8.38. The Kier molecular flexibility index (Phi) is 6.80. The lowest BCUT2D eigenvalue weighted by molar-refractivity contribution is -0.157. The second kappa shape index (κ2) is 9.07. The minimum Gasteiger partial charge on any atom is -0.493 e. The third-order valence-corrected chi connectivity index (χ3v) is 4.26. The predicted molar refractivity (Wildman–Crippen MR) is 95.3 cm³/mol. The number of carbonyl (C=O) groups excluding carboxylic acids is 4. The van der Waals surface area contributed by atoms with Gasteiger partial charge in [-0.25, -0.2) is 0 Å². The number of carbonyl (C=O) groups is 4. The van der Waals surface area contributed by atoms with E-state index in [-0.39, 0.29) is 29.9 Å². The number of imide groups is 1. The molecule has 0 saturated carbocycles. The Morgan fingerprint density at radius 2 is 1.68 bits per heavy atom. The van der Waals surface area contributed by atoms with E-state index in [1.54, 1.807) is 0 Å². The molecule has 10 heteroatoms. The number of likely N-dealkylation sites (tertiary alicyclic amines) is 1. The monoisotopic (exact) mass is 394 g/mol. The average Bonchev–Trinajstić information content (AvgIpc) is 2.71. The van der Waals surface area contributed by atoms with Gasteiger partial charge in [-0.05, 0) is 18.6 Å². The quantitative estimate of drug-likeness (QED) is 0.512. The van der Waals surface area contributed by atoms with Crippen LogP contribution in [0, 0.1) is 0 Å². The molecule has 1 aliphatic heterocycles. The number of piperidine rings is 1. The van der Waals surface area contributed by atoms with Gasteiger partial charge in [0.25, 0.3) is 11.8 Å². The summed E-state index contributed by atoms with van der Waals surface area (Å²) in [5.74, 6) is -1.56. The van der Waals surface area contributed by atoms with Gasteiger partial charge in [-0.3, -0.25) is 24.1 Å². The Morgan fingerprint density at radius 3 is 2.18 bits per heavy atom. The fraction of sp³-hybridized carbons (Fsp3) is 0.444. The van der Waals surface area contributed by atoms with E-state index in [1.165, 1.54) is 33.5 Å². The second-order valence-corrected chi connectivity index (χ2v) is 5.87. The fourth-order valence-electron chi connectivity index (χ4n) is 2.78. The van der Waals surface area contributed by atoms with Crippen LogP contribution in [0.15, 0.2) is 12.1 Å². The van der Waals surface area contributed by atoms with Crippen molar-refractivity contribution in [3.8, 4) is 17.2 Å². The van der Waals surface area contributed by atoms with E-state index in [1.807, 2.05) is 0 Å². The number of hydrogen-bond acceptors (Lipinski definition) is 8. The zero-order valence-electron chi connectivity index (χ0n) is 16.1. The molecule has 0 aromatic heterocycles. The van der Waals surface area contributed by atoms with Crippen molar-refractivity contribution < 1.29 is 38.1 Å². The zero-order valence-corrected chi connectivity index (χ0v) is 16.1. The Labute approximate surface area is 161 Å². The number of nitrogens with zero attached hydrogens (tertiary/aromatic N) is 1. The minimum atomic E-state index is -0.950. The number of methoxy groups -OCH3 is 4. The smallest absolute Gasteiger partial charge is 0.325 e. The van der Waals surface area contributed by atoms with Gasteiger partial charge in [0.2, 0.25) is 11.7 Å². The number of hydrogen-bond donors (Lipinski definition) is 1. The van der Waals surface area contributed by atoms with E-state index in [2.05, 4.69) is 10.1 Å². The summed E-state index contributed by atoms with van der Waals surface area (Å²) in [7, 11) is 5.43. The molecule has 1 aliphatic rings. The highest BCUT2D eigenvalue weighted by Crippen LogP contribution is 2.38. The first-order valence-corrected chi connectivity index (χ1v) is 8.38. The summed E-state index contributed by atoms with van der Waals surface area (Å²) in [5, 5.41) is 2.58. The Morgan fingerprint density at radius 1 is 1.07 bits per heavy atom. The topological polar surface area (TPSA) is 120 Å². The van der Waals surface area contributed by atoms with E-state index >= 15 is 0 Å². The van der Waals surface area contributed by atoms with Gasteiger partial charge in [0.15, 0.2) is 11.5 Å². The molecule has 1 atom stereocenters. The first-order chi connectivity index (χ1) is 13.4. The summed E-state index contributed by atoms with van der Waals surface area (Å²) in [6.07, 6.45) is 0.147. The van der Waals surface area contributed by atoms with Crippen LogP contribution in [0.5, 0.6) is 17.2 Å². The Balaban J connectivity index is 2.21. The van der Waals surface area contributed by atoms with Crippen molar-refractivity contribution in [3.63, 3.8) is 0 Å². The SMILES string of the molecule is COC(=O)CN1C(=O)CC[C@H](NC(=O)c2cc(OC)c(OC)c(OC)c2)C1=O. The molecule has 3 amide bonds. The molecule has 0 unspecified atom stereocenters. The van der Waals surface area contributed by atoms with Gasteiger partial charge in [0.1, 0.15) is 12.6 Å². The van der Waals surface area contributed by atoms with Gasteiger partial charge >= 0.3 is 5.97 Å². The summed E-state index contributed by atoms with van der Waals surface area (Å²) in [4.78, 5) is 49.3. The fourth-order valence-corrected chi connectivity index (χ4v) is 2.78. The van der Waals surface area contributed by atoms with Crippen LogP contribution in [-0.2, 0) is 19.1 Å². The van der Waals surface area contributed by atoms with Crippen LogP contribution >= 0.6 is 0 Å². The highest BCUT2D eigenvalue weighted by Gasteiger charge is 2.36. The zero-order chi connectivity index (χ0) is 20.8. The second-order valence-electron chi connectivity index (χ2n) is 5.87. The highest BCUT2D eigenvalue weighted by molar-refractivity contribution is 6.05. The normalized spacial score (nSPS) is 16.4. The largest absolute Gasteiger partial charge is 0.493 e. The number of rotatable bonds is 7. The highest BCUT2D eigenvalue weighted by atomic mass is 16.5. The third-order valence-electron chi connectivity index (χ3n) is 4.26. The molecule has 10 nitrogen and oxygen atoms in total. The van der Waals surface area contributed by atoms with Crippen molar-refractivity contribution in [2.24, 2.45) is 0 Å². The number of amides is 3. The number of esters is 1. The van der Waals surface area contributed by atoms with Crippen LogP contribution in [-0.4, -0.2) is 69.6 Å². The molecule has 152 valence electrons. The number of nitrogens with one attached hydrogen (secondary N) is 1. The van der Waals surface area contributed by atoms with Gasteiger partial charge in [-0.15, -0.1) is 0 Å². The predicted octanol–water partition coefficient (Wildman–Crippen LogP) is 0.133. The molecule has 0 spiro atoms. The molecular formula is C18H22N2O8. The van der Waals surface area contributed by atoms with Crippen molar-refractivity contribution in [1.82, 2.24) is 10.2 Å². The molecule has 1 heterocycles. The molecular weight excluding hydrogens is 372 g/mol. The molecule has 28 heavy (non-hydrogen) atoms. The maximum Gasteiger partial charge on any atom is 0.325 e. The van der Waals surface area contributed by atoms with Gasteiger partial charge in [0.05, 0.1) is 28.4 Å². The standard InChI is InChI=1S/C18H22N2O8/c1-25-12-7-10(8-13(26-2)16(12)28-4)17(23)19-11-5-6-14(21)20(18(11)24)9-15(22)27-3/h7-8,11H,5-6,9H2,1-4H3,(H,19,23)/t11-/m0/s1. The minimum absolute atomic E-state index is 0.0168. The van der Waals surface area contributed by atoms with E-state index < -0.39 is 36.3 Å². The maximum atomic E-state index is 12.7. The third kappa shape index (κ3) is 4.33. The van der Waals surface area contributed by atoms with Crippen molar-refractivity contribution >= 4 is 23.7 Å². The van der Waals surface area contributed by atoms with E-state index in [9.17, 15) is 19.2 Å². The van der Waals surface area contributed by atoms with Crippen molar-refractivity contribution in [3.05, 3.63) is 17.7 Å².